The Morgan fingerprint density at radius 3 is 2.54 bits per heavy atom. The standard InChI is InChI=1S/C19H15Cl2N3/c1-23-16-9-8-14(20)11-13(16)12-24(17-6-3-2-5-15(17)21)18-7-4-10-22-19(18)23/h2-11H,12H2,1H3. The number of hydrogen-bond donors (Lipinski definition) is 0. The second-order valence-corrected chi connectivity index (χ2v) is 6.56. The van der Waals surface area contributed by atoms with E-state index >= 15 is 0 Å². The van der Waals surface area contributed by atoms with Gasteiger partial charge in [-0.15, -0.1) is 0 Å². The molecule has 24 heavy (non-hydrogen) atoms. The first-order chi connectivity index (χ1) is 11.6. The van der Waals surface area contributed by atoms with E-state index in [1.165, 1.54) is 0 Å². The number of para-hydroxylation sites is 1. The maximum Gasteiger partial charge on any atom is 0.156 e. The molecular weight excluding hydrogens is 341 g/mol. The van der Waals surface area contributed by atoms with E-state index < -0.39 is 0 Å². The van der Waals surface area contributed by atoms with Gasteiger partial charge in [0.2, 0.25) is 0 Å². The van der Waals surface area contributed by atoms with Gasteiger partial charge in [0.25, 0.3) is 0 Å². The highest BCUT2D eigenvalue weighted by Crippen LogP contribution is 2.43. The minimum absolute atomic E-state index is 0.669. The number of halogens is 2. The summed E-state index contributed by atoms with van der Waals surface area (Å²) in [6, 6.07) is 17.8. The average Bonchev–Trinajstić information content (AvgIpc) is 2.71. The van der Waals surface area contributed by atoms with Crippen molar-refractivity contribution in [3.05, 3.63) is 76.4 Å². The molecular formula is C19H15Cl2N3. The molecule has 5 heteroatoms. The maximum atomic E-state index is 6.47. The van der Waals surface area contributed by atoms with Crippen LogP contribution in [0.15, 0.2) is 60.8 Å². The third-order valence-electron chi connectivity index (χ3n) is 4.25. The molecule has 0 aliphatic carbocycles. The molecule has 120 valence electrons. The molecule has 0 saturated carbocycles. The van der Waals surface area contributed by atoms with Gasteiger partial charge < -0.3 is 9.80 Å². The van der Waals surface area contributed by atoms with Crippen molar-refractivity contribution in [3.8, 4) is 0 Å². The normalized spacial score (nSPS) is 13.3. The van der Waals surface area contributed by atoms with Crippen molar-refractivity contribution in [2.24, 2.45) is 0 Å². The molecule has 4 rings (SSSR count). The lowest BCUT2D eigenvalue weighted by Crippen LogP contribution is -2.16. The number of nitrogens with zero attached hydrogens (tertiary/aromatic N) is 3. The van der Waals surface area contributed by atoms with E-state index in [0.29, 0.717) is 11.6 Å². The van der Waals surface area contributed by atoms with Gasteiger partial charge in [-0.25, -0.2) is 4.98 Å². The highest BCUT2D eigenvalue weighted by molar-refractivity contribution is 6.33. The van der Waals surface area contributed by atoms with Crippen LogP contribution in [-0.4, -0.2) is 12.0 Å². The van der Waals surface area contributed by atoms with E-state index in [0.717, 1.165) is 33.5 Å². The molecule has 1 aliphatic rings. The van der Waals surface area contributed by atoms with Crippen LogP contribution in [0.4, 0.5) is 22.9 Å². The number of rotatable bonds is 1. The lowest BCUT2D eigenvalue weighted by Gasteiger charge is -2.26. The Kier molecular flexibility index (Phi) is 3.83. The number of fused-ring (bicyclic) bond motifs is 2. The number of anilines is 4. The number of benzene rings is 2. The van der Waals surface area contributed by atoms with Gasteiger partial charge in [-0.3, -0.25) is 0 Å². The molecule has 0 N–H and O–H groups in total. The fraction of sp³-hybridized carbons (Fsp3) is 0.105. The van der Waals surface area contributed by atoms with Crippen LogP contribution >= 0.6 is 23.2 Å². The first-order valence-electron chi connectivity index (χ1n) is 7.64. The van der Waals surface area contributed by atoms with Crippen LogP contribution in [0.3, 0.4) is 0 Å². The maximum absolute atomic E-state index is 6.47. The molecule has 3 aromatic rings. The molecule has 2 heterocycles. The van der Waals surface area contributed by atoms with Gasteiger partial charge in [-0.1, -0.05) is 35.3 Å². The van der Waals surface area contributed by atoms with E-state index in [1.807, 2.05) is 55.6 Å². The lowest BCUT2D eigenvalue weighted by molar-refractivity contribution is 0.986. The van der Waals surface area contributed by atoms with Crippen LogP contribution in [0.1, 0.15) is 5.56 Å². The smallest absolute Gasteiger partial charge is 0.156 e. The van der Waals surface area contributed by atoms with Crippen LogP contribution < -0.4 is 9.80 Å². The first-order valence-corrected chi connectivity index (χ1v) is 8.40. The zero-order valence-corrected chi connectivity index (χ0v) is 14.6. The minimum Gasteiger partial charge on any atom is -0.333 e. The fourth-order valence-electron chi connectivity index (χ4n) is 3.12. The molecule has 0 unspecified atom stereocenters. The molecule has 0 atom stereocenters. The molecule has 0 amide bonds. The summed E-state index contributed by atoms with van der Waals surface area (Å²) in [6.45, 7) is 0.669. The van der Waals surface area contributed by atoms with Crippen LogP contribution in [0.2, 0.25) is 10.0 Å². The molecule has 0 radical (unpaired) electrons. The zero-order valence-electron chi connectivity index (χ0n) is 13.1. The van der Waals surface area contributed by atoms with Crippen LogP contribution in [0.25, 0.3) is 0 Å². The van der Waals surface area contributed by atoms with Crippen molar-refractivity contribution in [2.75, 3.05) is 16.8 Å². The minimum atomic E-state index is 0.669. The van der Waals surface area contributed by atoms with Crippen molar-refractivity contribution in [2.45, 2.75) is 6.54 Å². The Hall–Kier alpha value is -2.23. The van der Waals surface area contributed by atoms with Gasteiger partial charge in [0, 0.05) is 24.0 Å². The summed E-state index contributed by atoms with van der Waals surface area (Å²) in [7, 11) is 2.02. The molecule has 0 bridgehead atoms. The second-order valence-electron chi connectivity index (χ2n) is 5.72. The Morgan fingerprint density at radius 2 is 1.71 bits per heavy atom. The SMILES string of the molecule is CN1c2ccc(Cl)cc2CN(c2ccccc2Cl)c2cccnc21. The number of hydrogen-bond acceptors (Lipinski definition) is 3. The van der Waals surface area contributed by atoms with Crippen LogP contribution in [-0.2, 0) is 6.54 Å². The van der Waals surface area contributed by atoms with Gasteiger partial charge >= 0.3 is 0 Å². The fourth-order valence-corrected chi connectivity index (χ4v) is 3.55. The molecule has 1 aliphatic heterocycles. The van der Waals surface area contributed by atoms with E-state index in [9.17, 15) is 0 Å². The zero-order chi connectivity index (χ0) is 16.7. The van der Waals surface area contributed by atoms with Crippen LogP contribution in [0, 0.1) is 0 Å². The van der Waals surface area contributed by atoms with Crippen molar-refractivity contribution < 1.29 is 0 Å². The topological polar surface area (TPSA) is 19.4 Å². The third kappa shape index (κ3) is 2.50. The van der Waals surface area contributed by atoms with Crippen molar-refractivity contribution in [1.82, 2.24) is 4.98 Å². The number of pyridine rings is 1. The Bertz CT molecular complexity index is 911. The van der Waals surface area contributed by atoms with Gasteiger partial charge in [-0.2, -0.15) is 0 Å². The molecule has 2 aromatic carbocycles. The third-order valence-corrected chi connectivity index (χ3v) is 4.80. The van der Waals surface area contributed by atoms with Crippen LogP contribution in [0.5, 0.6) is 0 Å². The summed E-state index contributed by atoms with van der Waals surface area (Å²) in [6.07, 6.45) is 1.81. The van der Waals surface area contributed by atoms with Crippen molar-refractivity contribution in [1.29, 1.82) is 0 Å². The van der Waals surface area contributed by atoms with Crippen molar-refractivity contribution in [3.63, 3.8) is 0 Å². The van der Waals surface area contributed by atoms with Gasteiger partial charge in [0.15, 0.2) is 5.82 Å². The largest absolute Gasteiger partial charge is 0.333 e. The Labute approximate surface area is 151 Å². The van der Waals surface area contributed by atoms with E-state index in [1.54, 1.807) is 6.20 Å². The molecule has 0 fully saturated rings. The van der Waals surface area contributed by atoms with Gasteiger partial charge in [0.1, 0.15) is 0 Å². The monoisotopic (exact) mass is 355 g/mol. The molecule has 0 saturated heterocycles. The van der Waals surface area contributed by atoms with Crippen molar-refractivity contribution >= 4 is 46.1 Å². The summed E-state index contributed by atoms with van der Waals surface area (Å²) < 4.78 is 0. The Balaban J connectivity index is 1.97. The van der Waals surface area contributed by atoms with E-state index in [2.05, 4.69) is 20.9 Å². The predicted octanol–water partition coefficient (Wildman–Crippen LogP) is 5.81. The predicted molar refractivity (Wildman–Crippen MR) is 101 cm³/mol. The quantitative estimate of drug-likeness (QED) is 0.549. The van der Waals surface area contributed by atoms with E-state index in [4.69, 9.17) is 23.2 Å². The summed E-state index contributed by atoms with van der Waals surface area (Å²) in [5.41, 5.74) is 4.19. The summed E-state index contributed by atoms with van der Waals surface area (Å²) >= 11 is 12.7. The van der Waals surface area contributed by atoms with Gasteiger partial charge in [0.05, 0.1) is 22.9 Å². The summed E-state index contributed by atoms with van der Waals surface area (Å²) in [4.78, 5) is 8.87. The highest BCUT2D eigenvalue weighted by atomic mass is 35.5. The van der Waals surface area contributed by atoms with E-state index in [-0.39, 0.29) is 0 Å². The second kappa shape index (κ2) is 6.00. The lowest BCUT2D eigenvalue weighted by atomic mass is 10.1. The Morgan fingerprint density at radius 1 is 0.917 bits per heavy atom. The average molecular weight is 356 g/mol. The summed E-state index contributed by atoms with van der Waals surface area (Å²) in [5, 5.41) is 1.43. The summed E-state index contributed by atoms with van der Waals surface area (Å²) in [5.74, 6) is 0.887. The van der Waals surface area contributed by atoms with Gasteiger partial charge in [-0.05, 0) is 48.0 Å². The first kappa shape index (κ1) is 15.3. The molecule has 3 nitrogen and oxygen atoms in total. The highest BCUT2D eigenvalue weighted by Gasteiger charge is 2.25. The molecule has 1 aromatic heterocycles. The number of aromatic nitrogens is 1. The molecule has 0 spiro atoms.